The summed E-state index contributed by atoms with van der Waals surface area (Å²) in [5.74, 6) is 0. The van der Waals surface area contributed by atoms with Crippen molar-refractivity contribution in [2.24, 2.45) is 0 Å². The molecule has 0 aliphatic rings. The summed E-state index contributed by atoms with van der Waals surface area (Å²) in [6.45, 7) is 10.1. The zero-order valence-corrected chi connectivity index (χ0v) is 16.8. The molecule has 0 atom stereocenters. The Bertz CT molecular complexity index is 232. The molecular formula is C18H38O8. The highest BCUT2D eigenvalue weighted by atomic mass is 17.0. The highest BCUT2D eigenvalue weighted by molar-refractivity contribution is 5.60. The molecule has 0 fully saturated rings. The van der Waals surface area contributed by atoms with Crippen LogP contribution in [-0.2, 0) is 18.9 Å². The Morgan fingerprint density at radius 1 is 0.538 bits per heavy atom. The predicted molar refractivity (Wildman–Crippen MR) is 99.5 cm³/mol. The highest BCUT2D eigenvalue weighted by Gasteiger charge is 2.01. The van der Waals surface area contributed by atoms with Crippen molar-refractivity contribution in [2.45, 2.75) is 79.1 Å². The summed E-state index contributed by atoms with van der Waals surface area (Å²) >= 11 is 0. The second-order valence-corrected chi connectivity index (χ2v) is 5.31. The van der Waals surface area contributed by atoms with E-state index in [4.69, 9.17) is 29.5 Å². The van der Waals surface area contributed by atoms with Gasteiger partial charge in [-0.1, -0.05) is 53.4 Å². The van der Waals surface area contributed by atoms with Crippen LogP contribution in [0.1, 0.15) is 79.1 Å². The molecular weight excluding hydrogens is 344 g/mol. The van der Waals surface area contributed by atoms with Crippen LogP contribution in [0, 0.1) is 0 Å². The molecule has 26 heavy (non-hydrogen) atoms. The molecule has 8 heteroatoms. The van der Waals surface area contributed by atoms with Crippen LogP contribution in [0.25, 0.3) is 0 Å². The molecule has 0 saturated carbocycles. The van der Waals surface area contributed by atoms with Crippen LogP contribution in [0.3, 0.4) is 0 Å². The summed E-state index contributed by atoms with van der Waals surface area (Å²) in [7, 11) is 0. The van der Waals surface area contributed by atoms with Crippen LogP contribution < -0.4 is 0 Å². The van der Waals surface area contributed by atoms with Crippen LogP contribution >= 0.6 is 0 Å². The summed E-state index contributed by atoms with van der Waals surface area (Å²) in [6.07, 6.45) is 6.68. The van der Waals surface area contributed by atoms with Crippen LogP contribution in [0.2, 0.25) is 0 Å². The van der Waals surface area contributed by atoms with E-state index >= 15 is 0 Å². The van der Waals surface area contributed by atoms with Crippen molar-refractivity contribution in [3.63, 3.8) is 0 Å². The lowest BCUT2D eigenvalue weighted by Gasteiger charge is -2.04. The molecule has 0 radical (unpaired) electrons. The molecule has 0 rings (SSSR count). The van der Waals surface area contributed by atoms with E-state index in [1.807, 2.05) is 27.7 Å². The Kier molecular flexibility index (Phi) is 31.8. The maximum atomic E-state index is 10.7. The van der Waals surface area contributed by atoms with Crippen molar-refractivity contribution in [1.29, 1.82) is 0 Å². The third-order valence-corrected chi connectivity index (χ3v) is 2.87. The Labute approximate surface area is 157 Å². The van der Waals surface area contributed by atoms with Crippen molar-refractivity contribution in [3.8, 4) is 0 Å². The van der Waals surface area contributed by atoms with Crippen molar-refractivity contribution < 1.29 is 39.1 Å². The minimum absolute atomic E-state index is 0.474. The van der Waals surface area contributed by atoms with Crippen molar-refractivity contribution in [2.75, 3.05) is 26.4 Å². The summed E-state index contributed by atoms with van der Waals surface area (Å²) in [4.78, 5) is 21.5. The molecule has 0 heterocycles. The Morgan fingerprint density at radius 3 is 0.885 bits per heavy atom. The highest BCUT2D eigenvalue weighted by Crippen LogP contribution is 1.95. The van der Waals surface area contributed by atoms with Gasteiger partial charge in [-0.15, -0.1) is 0 Å². The Balaban J connectivity index is -0.000000371. The fourth-order valence-electron chi connectivity index (χ4n) is 1.28. The predicted octanol–water partition coefficient (Wildman–Crippen LogP) is 5.50. The zero-order valence-electron chi connectivity index (χ0n) is 16.8. The van der Waals surface area contributed by atoms with E-state index in [1.165, 1.54) is 0 Å². The Morgan fingerprint density at radius 2 is 0.731 bits per heavy atom. The van der Waals surface area contributed by atoms with E-state index in [9.17, 15) is 9.59 Å². The normalized spacial score (nSPS) is 9.00. The molecule has 0 aromatic carbocycles. The lowest BCUT2D eigenvalue weighted by atomic mass is 10.4. The summed E-state index contributed by atoms with van der Waals surface area (Å²) < 4.78 is 19.1. The van der Waals surface area contributed by atoms with Crippen molar-refractivity contribution >= 4 is 12.3 Å². The molecule has 158 valence electrons. The SMILES string of the molecule is CCCCOC(=O)OCCCC.CCCCOC(=O)OCCCC.OO. The van der Waals surface area contributed by atoms with Gasteiger partial charge in [0, 0.05) is 0 Å². The standard InChI is InChI=1S/2C9H18O3.H2O2/c2*1-3-5-7-11-9(10)12-8-6-4-2;1-2/h2*3-8H2,1-2H3;1-2H. The fraction of sp³-hybridized carbons (Fsp3) is 0.889. The third-order valence-electron chi connectivity index (χ3n) is 2.87. The van der Waals surface area contributed by atoms with Crippen LogP contribution in [0.4, 0.5) is 9.59 Å². The molecule has 0 bridgehead atoms. The fourth-order valence-corrected chi connectivity index (χ4v) is 1.28. The number of rotatable bonds is 12. The molecule has 0 saturated heterocycles. The summed E-state index contributed by atoms with van der Waals surface area (Å²) in [5, 5.41) is 12.0. The van der Waals surface area contributed by atoms with Crippen LogP contribution in [0.5, 0.6) is 0 Å². The first-order valence-electron chi connectivity index (χ1n) is 9.41. The first-order chi connectivity index (χ1) is 12.6. The van der Waals surface area contributed by atoms with E-state index in [0.29, 0.717) is 26.4 Å². The molecule has 0 aromatic rings. The van der Waals surface area contributed by atoms with Gasteiger partial charge >= 0.3 is 12.3 Å². The maximum Gasteiger partial charge on any atom is 0.508 e. The second-order valence-electron chi connectivity index (χ2n) is 5.31. The largest absolute Gasteiger partial charge is 0.508 e. The van der Waals surface area contributed by atoms with E-state index in [0.717, 1.165) is 51.4 Å². The van der Waals surface area contributed by atoms with Gasteiger partial charge in [0.2, 0.25) is 0 Å². The van der Waals surface area contributed by atoms with Crippen molar-refractivity contribution in [3.05, 3.63) is 0 Å². The van der Waals surface area contributed by atoms with Gasteiger partial charge in [-0.05, 0) is 25.7 Å². The number of hydrogen-bond donors (Lipinski definition) is 2. The topological polar surface area (TPSA) is 112 Å². The van der Waals surface area contributed by atoms with Gasteiger partial charge in [-0.3, -0.25) is 10.5 Å². The van der Waals surface area contributed by atoms with E-state index in [1.54, 1.807) is 0 Å². The molecule has 2 N–H and O–H groups in total. The molecule has 0 aromatic heterocycles. The third kappa shape index (κ3) is 30.4. The van der Waals surface area contributed by atoms with Gasteiger partial charge < -0.3 is 18.9 Å². The smallest absolute Gasteiger partial charge is 0.434 e. The monoisotopic (exact) mass is 382 g/mol. The quantitative estimate of drug-likeness (QED) is 0.197. The van der Waals surface area contributed by atoms with Gasteiger partial charge in [0.1, 0.15) is 0 Å². The first-order valence-corrected chi connectivity index (χ1v) is 9.41. The molecule has 0 amide bonds. The van der Waals surface area contributed by atoms with Gasteiger partial charge in [0.25, 0.3) is 0 Å². The minimum Gasteiger partial charge on any atom is -0.434 e. The van der Waals surface area contributed by atoms with Gasteiger partial charge in [0.05, 0.1) is 26.4 Å². The zero-order chi connectivity index (χ0) is 20.5. The lowest BCUT2D eigenvalue weighted by molar-refractivity contribution is -0.176. The Hall–Kier alpha value is -1.54. The number of carbonyl (C=O) groups is 2. The summed E-state index contributed by atoms with van der Waals surface area (Å²) in [6, 6.07) is 0. The van der Waals surface area contributed by atoms with Gasteiger partial charge in [-0.25, -0.2) is 9.59 Å². The average molecular weight is 382 g/mol. The van der Waals surface area contributed by atoms with E-state index in [-0.39, 0.29) is 0 Å². The maximum absolute atomic E-state index is 10.7. The van der Waals surface area contributed by atoms with E-state index in [2.05, 4.69) is 0 Å². The molecule has 0 aliphatic heterocycles. The summed E-state index contributed by atoms with van der Waals surface area (Å²) in [5.41, 5.74) is 0. The number of hydrogen-bond acceptors (Lipinski definition) is 8. The molecule has 0 unspecified atom stereocenters. The average Bonchev–Trinajstić information content (AvgIpc) is 2.65. The minimum atomic E-state index is -0.531. The van der Waals surface area contributed by atoms with Crippen LogP contribution in [0.15, 0.2) is 0 Å². The van der Waals surface area contributed by atoms with Gasteiger partial charge in [0.15, 0.2) is 0 Å². The molecule has 0 aliphatic carbocycles. The van der Waals surface area contributed by atoms with Gasteiger partial charge in [-0.2, -0.15) is 0 Å². The van der Waals surface area contributed by atoms with Crippen molar-refractivity contribution in [1.82, 2.24) is 0 Å². The lowest BCUT2D eigenvalue weighted by Crippen LogP contribution is -2.09. The number of ether oxygens (including phenoxy) is 4. The number of unbranched alkanes of at least 4 members (excludes halogenated alkanes) is 4. The van der Waals surface area contributed by atoms with E-state index < -0.39 is 12.3 Å². The second kappa shape index (κ2) is 28.3. The number of carbonyl (C=O) groups excluding carboxylic acids is 2. The van der Waals surface area contributed by atoms with Crippen LogP contribution in [-0.4, -0.2) is 49.3 Å². The molecule has 8 nitrogen and oxygen atoms in total. The first kappa shape index (κ1) is 29.2. The molecule has 0 spiro atoms.